The highest BCUT2D eigenvalue weighted by atomic mass is 16.5. The van der Waals surface area contributed by atoms with Crippen LogP contribution in [0.1, 0.15) is 45.1 Å². The summed E-state index contributed by atoms with van der Waals surface area (Å²) in [6.45, 7) is 4.03. The van der Waals surface area contributed by atoms with Crippen LogP contribution in [0.5, 0.6) is 0 Å². The second-order valence-electron chi connectivity index (χ2n) is 6.82. The maximum Gasteiger partial charge on any atom is 0.407 e. The minimum atomic E-state index is -0.835. The smallest absolute Gasteiger partial charge is 0.407 e. The summed E-state index contributed by atoms with van der Waals surface area (Å²) in [7, 11) is 0. The lowest BCUT2D eigenvalue weighted by Crippen LogP contribution is -2.50. The first kappa shape index (κ1) is 21.3. The summed E-state index contributed by atoms with van der Waals surface area (Å²) in [5.41, 5.74) is 1.86. The Morgan fingerprint density at radius 2 is 2.00 bits per heavy atom. The molecule has 2 amide bonds. The molecule has 1 heterocycles. The summed E-state index contributed by atoms with van der Waals surface area (Å²) in [4.78, 5) is 27.9. The molecule has 2 atom stereocenters. The van der Waals surface area contributed by atoms with E-state index >= 15 is 0 Å². The Hall–Kier alpha value is -3.01. The number of aromatic amines is 1. The van der Waals surface area contributed by atoms with Gasteiger partial charge in [0.1, 0.15) is 12.1 Å². The maximum atomic E-state index is 12.6. The molecular formula is C21H28N4O3. The molecule has 7 nitrogen and oxygen atoms in total. The number of hydrogen-bond donors (Lipinski definition) is 3. The molecule has 0 aliphatic heterocycles. The van der Waals surface area contributed by atoms with Crippen molar-refractivity contribution in [1.82, 2.24) is 15.6 Å². The lowest BCUT2D eigenvalue weighted by Gasteiger charge is -2.19. The molecule has 0 aliphatic rings. The number of hydrogen-bond acceptors (Lipinski definition) is 4. The molecule has 3 N–H and O–H groups in total. The quantitative estimate of drug-likeness (QED) is 0.546. The van der Waals surface area contributed by atoms with Gasteiger partial charge in [-0.1, -0.05) is 44.4 Å². The van der Waals surface area contributed by atoms with Gasteiger partial charge in [-0.15, -0.1) is 0 Å². The van der Waals surface area contributed by atoms with Crippen molar-refractivity contribution in [2.75, 3.05) is 6.61 Å². The van der Waals surface area contributed by atoms with E-state index < -0.39 is 24.1 Å². The number of alkyl carbamates (subject to hydrolysis) is 1. The number of rotatable bonds is 10. The molecule has 0 saturated carbocycles. The molecule has 0 fully saturated rings. The average Bonchev–Trinajstić information content (AvgIpc) is 3.10. The number of fused-ring (bicyclic) bond motifs is 1. The molecule has 150 valence electrons. The van der Waals surface area contributed by atoms with Crippen LogP contribution in [0.15, 0.2) is 30.5 Å². The zero-order valence-electron chi connectivity index (χ0n) is 16.5. The predicted molar refractivity (Wildman–Crippen MR) is 108 cm³/mol. The Morgan fingerprint density at radius 1 is 1.21 bits per heavy atom. The first-order valence-corrected chi connectivity index (χ1v) is 9.73. The molecule has 2 unspecified atom stereocenters. The first-order chi connectivity index (χ1) is 13.5. The molecule has 2 aromatic rings. The van der Waals surface area contributed by atoms with Gasteiger partial charge in [-0.2, -0.15) is 5.26 Å². The Bertz CT molecular complexity index is 824. The fourth-order valence-electron chi connectivity index (χ4n) is 2.95. The van der Waals surface area contributed by atoms with Crippen LogP contribution in [-0.2, 0) is 16.0 Å². The first-order valence-electron chi connectivity index (χ1n) is 9.73. The molecular weight excluding hydrogens is 356 g/mol. The van der Waals surface area contributed by atoms with Gasteiger partial charge < -0.3 is 20.4 Å². The third-order valence-electron chi connectivity index (χ3n) is 4.49. The second-order valence-corrected chi connectivity index (χ2v) is 6.82. The third-order valence-corrected chi connectivity index (χ3v) is 4.49. The van der Waals surface area contributed by atoms with E-state index in [-0.39, 0.29) is 0 Å². The van der Waals surface area contributed by atoms with Gasteiger partial charge in [-0.05, 0) is 25.0 Å². The Morgan fingerprint density at radius 3 is 2.75 bits per heavy atom. The van der Waals surface area contributed by atoms with Gasteiger partial charge in [0.05, 0.1) is 12.7 Å². The van der Waals surface area contributed by atoms with Crippen molar-refractivity contribution >= 4 is 22.9 Å². The number of nitriles is 1. The number of benzene rings is 1. The summed E-state index contributed by atoms with van der Waals surface area (Å²) in [6, 6.07) is 8.23. The summed E-state index contributed by atoms with van der Waals surface area (Å²) in [5, 5.41) is 15.2. The zero-order valence-corrected chi connectivity index (χ0v) is 16.5. The van der Waals surface area contributed by atoms with E-state index in [4.69, 9.17) is 10.00 Å². The number of H-pyrrole nitrogens is 1. The molecule has 0 aliphatic carbocycles. The standard InChI is InChI=1S/C21H28N4O3/c1-3-4-5-8-11-28-21(27)25-19(20(26)24-15(2)13-22)12-16-14-23-18-10-7-6-9-17(16)18/h6-7,9-10,14-15,19,23H,3-5,8,11-12H2,1-2H3,(H,24,26)(H,25,27). The van der Waals surface area contributed by atoms with Gasteiger partial charge >= 0.3 is 6.09 Å². The fraction of sp³-hybridized carbons (Fsp3) is 0.476. The number of carbonyl (C=O) groups excluding carboxylic acids is 2. The molecule has 0 radical (unpaired) electrons. The predicted octanol–water partition coefficient (Wildman–Crippen LogP) is 3.41. The van der Waals surface area contributed by atoms with Gasteiger partial charge in [-0.3, -0.25) is 4.79 Å². The highest BCUT2D eigenvalue weighted by molar-refractivity contribution is 5.88. The van der Waals surface area contributed by atoms with Crippen LogP contribution in [0.2, 0.25) is 0 Å². The molecule has 28 heavy (non-hydrogen) atoms. The van der Waals surface area contributed by atoms with E-state index in [0.717, 1.165) is 42.1 Å². The number of nitrogens with one attached hydrogen (secondary N) is 3. The number of unbranched alkanes of at least 4 members (excludes halogenated alkanes) is 3. The normalized spacial score (nSPS) is 12.8. The largest absolute Gasteiger partial charge is 0.450 e. The lowest BCUT2D eigenvalue weighted by molar-refractivity contribution is -0.123. The van der Waals surface area contributed by atoms with E-state index in [1.165, 1.54) is 0 Å². The minimum absolute atomic E-state index is 0.291. The Labute approximate surface area is 165 Å². The van der Waals surface area contributed by atoms with Crippen LogP contribution in [0.3, 0.4) is 0 Å². The molecule has 1 aromatic heterocycles. The van der Waals surface area contributed by atoms with Gasteiger partial charge in [0.2, 0.25) is 5.91 Å². The lowest BCUT2D eigenvalue weighted by atomic mass is 10.0. The van der Waals surface area contributed by atoms with E-state index in [1.807, 2.05) is 36.5 Å². The minimum Gasteiger partial charge on any atom is -0.450 e. The van der Waals surface area contributed by atoms with Gasteiger partial charge in [-0.25, -0.2) is 4.79 Å². The summed E-state index contributed by atoms with van der Waals surface area (Å²) in [5.74, 6) is -0.415. The van der Waals surface area contributed by atoms with Gasteiger partial charge in [0.25, 0.3) is 0 Å². The fourth-order valence-corrected chi connectivity index (χ4v) is 2.95. The second kappa shape index (κ2) is 11.0. The summed E-state index contributed by atoms with van der Waals surface area (Å²) >= 11 is 0. The van der Waals surface area contributed by atoms with Crippen molar-refractivity contribution in [1.29, 1.82) is 5.26 Å². The molecule has 0 bridgehead atoms. The topological polar surface area (TPSA) is 107 Å². The van der Waals surface area contributed by atoms with Gasteiger partial charge in [0, 0.05) is 23.5 Å². The van der Waals surface area contributed by atoms with Crippen LogP contribution in [0, 0.1) is 11.3 Å². The molecule has 1 aromatic carbocycles. The van der Waals surface area contributed by atoms with E-state index in [2.05, 4.69) is 22.5 Å². The number of aromatic nitrogens is 1. The molecule has 0 spiro atoms. The highest BCUT2D eigenvalue weighted by Gasteiger charge is 2.24. The summed E-state index contributed by atoms with van der Waals surface area (Å²) < 4.78 is 5.20. The van der Waals surface area contributed by atoms with Crippen LogP contribution in [-0.4, -0.2) is 35.7 Å². The highest BCUT2D eigenvalue weighted by Crippen LogP contribution is 2.19. The molecule has 0 saturated heterocycles. The van der Waals surface area contributed by atoms with Crippen LogP contribution >= 0.6 is 0 Å². The van der Waals surface area contributed by atoms with E-state index in [9.17, 15) is 9.59 Å². The molecule has 7 heteroatoms. The van der Waals surface area contributed by atoms with Crippen molar-refractivity contribution in [2.24, 2.45) is 0 Å². The van der Waals surface area contributed by atoms with Crippen LogP contribution in [0.25, 0.3) is 10.9 Å². The number of nitrogens with zero attached hydrogens (tertiary/aromatic N) is 1. The van der Waals surface area contributed by atoms with Crippen molar-refractivity contribution in [3.05, 3.63) is 36.0 Å². The summed E-state index contributed by atoms with van der Waals surface area (Å²) in [6.07, 6.45) is 5.50. The van der Waals surface area contributed by atoms with Crippen molar-refractivity contribution in [3.8, 4) is 6.07 Å². The van der Waals surface area contributed by atoms with Gasteiger partial charge in [0.15, 0.2) is 0 Å². The van der Waals surface area contributed by atoms with Crippen molar-refractivity contribution in [2.45, 2.75) is 58.0 Å². The van der Waals surface area contributed by atoms with E-state index in [0.29, 0.717) is 13.0 Å². The van der Waals surface area contributed by atoms with Crippen molar-refractivity contribution < 1.29 is 14.3 Å². The molecule has 2 rings (SSSR count). The Balaban J connectivity index is 2.03. The monoisotopic (exact) mass is 384 g/mol. The number of amides is 2. The van der Waals surface area contributed by atoms with E-state index in [1.54, 1.807) is 6.92 Å². The number of ether oxygens (including phenoxy) is 1. The van der Waals surface area contributed by atoms with Crippen LogP contribution in [0.4, 0.5) is 4.79 Å². The number of carbonyl (C=O) groups is 2. The number of para-hydroxylation sites is 1. The zero-order chi connectivity index (χ0) is 20.4. The SMILES string of the molecule is CCCCCCOC(=O)NC(Cc1c[nH]c2ccccc12)C(=O)NC(C)C#N. The average molecular weight is 384 g/mol. The maximum absolute atomic E-state index is 12.6. The Kier molecular flexibility index (Phi) is 8.35. The van der Waals surface area contributed by atoms with Crippen molar-refractivity contribution in [3.63, 3.8) is 0 Å². The third kappa shape index (κ3) is 6.31. The van der Waals surface area contributed by atoms with Crippen LogP contribution < -0.4 is 10.6 Å².